The highest BCUT2D eigenvalue weighted by Gasteiger charge is 2.12. The fourth-order valence-electron chi connectivity index (χ4n) is 4.01. The van der Waals surface area contributed by atoms with Gasteiger partial charge in [-0.15, -0.1) is 0 Å². The van der Waals surface area contributed by atoms with E-state index in [2.05, 4.69) is 5.32 Å². The van der Waals surface area contributed by atoms with Gasteiger partial charge in [-0.05, 0) is 53.4 Å². The molecule has 0 saturated carbocycles. The topological polar surface area (TPSA) is 77.8 Å². The smallest absolute Gasteiger partial charge is 0.262 e. The number of nitrogens with one attached hydrogen (secondary N) is 1. The number of rotatable bonds is 8. The molecule has 184 valence electrons. The first-order valence-corrected chi connectivity index (χ1v) is 12.0. The van der Waals surface area contributed by atoms with E-state index >= 15 is 0 Å². The molecule has 1 amide bonds. The summed E-state index contributed by atoms with van der Waals surface area (Å²) in [7, 11) is 0. The van der Waals surface area contributed by atoms with Crippen molar-refractivity contribution in [3.63, 3.8) is 0 Å². The van der Waals surface area contributed by atoms with Gasteiger partial charge in [-0.25, -0.2) is 0 Å². The third kappa shape index (κ3) is 5.54. The van der Waals surface area contributed by atoms with E-state index in [1.807, 2.05) is 85.8 Å². The zero-order valence-electron chi connectivity index (χ0n) is 20.3. The molecule has 1 heterocycles. The first kappa shape index (κ1) is 23.9. The van der Waals surface area contributed by atoms with E-state index in [-0.39, 0.29) is 23.7 Å². The lowest BCUT2D eigenvalue weighted by molar-refractivity contribution is -0.118. The van der Waals surface area contributed by atoms with E-state index in [0.717, 1.165) is 28.8 Å². The lowest BCUT2D eigenvalue weighted by atomic mass is 10.1. The molecule has 6 nitrogen and oxygen atoms in total. The molecule has 6 heteroatoms. The van der Waals surface area contributed by atoms with Gasteiger partial charge in [-0.2, -0.15) is 0 Å². The molecule has 37 heavy (non-hydrogen) atoms. The van der Waals surface area contributed by atoms with Crippen LogP contribution in [0.4, 0.5) is 5.69 Å². The Hall–Kier alpha value is -4.84. The molecule has 5 aromatic rings. The van der Waals surface area contributed by atoms with Crippen LogP contribution in [-0.4, -0.2) is 12.5 Å². The van der Waals surface area contributed by atoms with E-state index in [1.54, 1.807) is 18.2 Å². The summed E-state index contributed by atoms with van der Waals surface area (Å²) >= 11 is 0. The maximum Gasteiger partial charge on any atom is 0.262 e. The molecule has 0 aliphatic rings. The molecule has 0 aliphatic carbocycles. The largest absolute Gasteiger partial charge is 0.484 e. The fraction of sp³-hybridized carbons (Fsp3) is 0.0968. The SMILES string of the molecule is CCc1ccccc1NC(=O)COc1ccc2c(=O)c(Oc3ccc(-c4ccccc4)cc3)coc2c1. The molecule has 5 rings (SSSR count). The van der Waals surface area contributed by atoms with Crippen molar-refractivity contribution in [3.8, 4) is 28.4 Å². The number of para-hydroxylation sites is 1. The number of fused-ring (bicyclic) bond motifs is 1. The Morgan fingerprint density at radius 1 is 0.838 bits per heavy atom. The van der Waals surface area contributed by atoms with Crippen molar-refractivity contribution in [2.24, 2.45) is 0 Å². The number of hydrogen-bond acceptors (Lipinski definition) is 5. The Kier molecular flexibility index (Phi) is 6.99. The molecule has 0 aliphatic heterocycles. The average Bonchev–Trinajstić information content (AvgIpc) is 2.94. The van der Waals surface area contributed by atoms with Crippen molar-refractivity contribution in [2.75, 3.05) is 11.9 Å². The lowest BCUT2D eigenvalue weighted by Crippen LogP contribution is -2.20. The molecule has 1 N–H and O–H groups in total. The van der Waals surface area contributed by atoms with Crippen LogP contribution in [0.3, 0.4) is 0 Å². The van der Waals surface area contributed by atoms with Crippen LogP contribution in [0.2, 0.25) is 0 Å². The number of anilines is 1. The van der Waals surface area contributed by atoms with E-state index in [9.17, 15) is 9.59 Å². The van der Waals surface area contributed by atoms with Gasteiger partial charge in [0, 0.05) is 11.8 Å². The normalized spacial score (nSPS) is 10.7. The molecular formula is C31H25NO5. The van der Waals surface area contributed by atoms with Gasteiger partial charge in [-0.3, -0.25) is 9.59 Å². The van der Waals surface area contributed by atoms with Crippen LogP contribution in [0.5, 0.6) is 17.2 Å². The van der Waals surface area contributed by atoms with E-state index in [0.29, 0.717) is 22.5 Å². The summed E-state index contributed by atoms with van der Waals surface area (Å²) in [5.41, 5.74) is 4.01. The van der Waals surface area contributed by atoms with Crippen molar-refractivity contribution in [1.82, 2.24) is 0 Å². The highest BCUT2D eigenvalue weighted by molar-refractivity contribution is 5.92. The van der Waals surface area contributed by atoms with Crippen LogP contribution in [0.25, 0.3) is 22.1 Å². The number of hydrogen-bond donors (Lipinski definition) is 1. The second-order valence-electron chi connectivity index (χ2n) is 8.43. The Morgan fingerprint density at radius 3 is 2.32 bits per heavy atom. The van der Waals surface area contributed by atoms with E-state index < -0.39 is 0 Å². The fourth-order valence-corrected chi connectivity index (χ4v) is 4.01. The number of aryl methyl sites for hydroxylation is 1. The zero-order chi connectivity index (χ0) is 25.6. The van der Waals surface area contributed by atoms with Crippen molar-refractivity contribution in [3.05, 3.63) is 119 Å². The third-order valence-electron chi connectivity index (χ3n) is 5.95. The van der Waals surface area contributed by atoms with Crippen molar-refractivity contribution in [2.45, 2.75) is 13.3 Å². The van der Waals surface area contributed by atoms with Gasteiger partial charge in [0.1, 0.15) is 23.3 Å². The minimum atomic E-state index is -0.297. The Morgan fingerprint density at radius 2 is 1.54 bits per heavy atom. The molecule has 0 spiro atoms. The summed E-state index contributed by atoms with van der Waals surface area (Å²) in [5.74, 6) is 0.758. The molecule has 0 bridgehead atoms. The molecule has 0 radical (unpaired) electrons. The predicted molar refractivity (Wildman–Crippen MR) is 144 cm³/mol. The second kappa shape index (κ2) is 10.8. The number of ether oxygens (including phenoxy) is 2. The molecular weight excluding hydrogens is 466 g/mol. The van der Waals surface area contributed by atoms with Crippen LogP contribution >= 0.6 is 0 Å². The number of carbonyl (C=O) groups is 1. The Balaban J connectivity index is 1.25. The molecule has 0 saturated heterocycles. The first-order valence-electron chi connectivity index (χ1n) is 12.0. The number of carbonyl (C=O) groups excluding carboxylic acids is 1. The quantitative estimate of drug-likeness (QED) is 0.257. The minimum Gasteiger partial charge on any atom is -0.484 e. The summed E-state index contributed by atoms with van der Waals surface area (Å²) in [6.07, 6.45) is 2.10. The number of benzene rings is 4. The minimum absolute atomic E-state index is 0.0857. The van der Waals surface area contributed by atoms with Gasteiger partial charge in [0.15, 0.2) is 6.61 Å². The summed E-state index contributed by atoms with van der Waals surface area (Å²) in [6.45, 7) is 1.86. The van der Waals surface area contributed by atoms with Crippen LogP contribution in [0, 0.1) is 0 Å². The second-order valence-corrected chi connectivity index (χ2v) is 8.43. The number of amides is 1. The lowest BCUT2D eigenvalue weighted by Gasteiger charge is -2.11. The van der Waals surface area contributed by atoms with Crippen molar-refractivity contribution < 1.29 is 18.7 Å². The first-order chi connectivity index (χ1) is 18.1. The summed E-state index contributed by atoms with van der Waals surface area (Å²) < 4.78 is 17.1. The molecule has 0 unspecified atom stereocenters. The average molecular weight is 492 g/mol. The molecule has 4 aromatic carbocycles. The monoisotopic (exact) mass is 491 g/mol. The maximum absolute atomic E-state index is 13.0. The molecule has 0 fully saturated rings. The predicted octanol–water partition coefficient (Wildman–Crippen LogP) is 6.83. The van der Waals surface area contributed by atoms with Crippen LogP contribution in [-0.2, 0) is 11.2 Å². The van der Waals surface area contributed by atoms with Crippen LogP contribution in [0.1, 0.15) is 12.5 Å². The summed E-state index contributed by atoms with van der Waals surface area (Å²) in [4.78, 5) is 25.3. The Bertz CT molecular complexity index is 1590. The van der Waals surface area contributed by atoms with Crippen LogP contribution < -0.4 is 20.2 Å². The zero-order valence-corrected chi connectivity index (χ0v) is 20.3. The summed E-state index contributed by atoms with van der Waals surface area (Å²) in [5, 5.41) is 3.22. The highest BCUT2D eigenvalue weighted by Crippen LogP contribution is 2.27. The maximum atomic E-state index is 13.0. The molecule has 0 atom stereocenters. The van der Waals surface area contributed by atoms with Gasteiger partial charge < -0.3 is 19.2 Å². The Labute approximate surface area is 214 Å². The third-order valence-corrected chi connectivity index (χ3v) is 5.95. The highest BCUT2D eigenvalue weighted by atomic mass is 16.5. The molecule has 1 aromatic heterocycles. The van der Waals surface area contributed by atoms with Gasteiger partial charge >= 0.3 is 0 Å². The van der Waals surface area contributed by atoms with Crippen molar-refractivity contribution in [1.29, 1.82) is 0 Å². The van der Waals surface area contributed by atoms with Crippen LogP contribution in [0.15, 0.2) is 113 Å². The van der Waals surface area contributed by atoms with E-state index in [4.69, 9.17) is 13.9 Å². The van der Waals surface area contributed by atoms with E-state index in [1.165, 1.54) is 6.26 Å². The van der Waals surface area contributed by atoms with Gasteiger partial charge in [0.05, 0.1) is 5.39 Å². The standard InChI is InChI=1S/C31H25NO5/c1-2-21-8-6-7-11-27(21)32-30(33)20-35-25-16-17-26-28(18-25)36-19-29(31(26)34)37-24-14-12-23(13-15-24)22-9-4-3-5-10-22/h3-19H,2,20H2,1H3,(H,32,33). The van der Waals surface area contributed by atoms with Gasteiger partial charge in [0.2, 0.25) is 11.2 Å². The van der Waals surface area contributed by atoms with Crippen molar-refractivity contribution >= 4 is 22.6 Å². The van der Waals surface area contributed by atoms with Gasteiger partial charge in [-0.1, -0.05) is 67.6 Å². The van der Waals surface area contributed by atoms with Gasteiger partial charge in [0.25, 0.3) is 5.91 Å². The summed E-state index contributed by atoms with van der Waals surface area (Å²) in [6, 6.07) is 30.0.